The molecule has 1 N–H and O–H groups in total. The van der Waals surface area contributed by atoms with Crippen molar-refractivity contribution in [2.45, 2.75) is 6.17 Å². The minimum atomic E-state index is -5.31. The monoisotopic (exact) mass is 332 g/mol. The van der Waals surface area contributed by atoms with E-state index in [4.69, 9.17) is 0 Å². The third kappa shape index (κ3) is 3.47. The summed E-state index contributed by atoms with van der Waals surface area (Å²) in [5, 5.41) is 0.150. The highest BCUT2D eigenvalue weighted by Gasteiger charge is 2.42. The maximum absolute atomic E-state index is 13.0. The summed E-state index contributed by atoms with van der Waals surface area (Å²) < 4.78 is 54.3. The first kappa shape index (κ1) is 16.1. The fourth-order valence-corrected chi connectivity index (χ4v) is 5.48. The van der Waals surface area contributed by atoms with Gasteiger partial charge in [0, 0.05) is 10.6 Å². The second-order valence-electron chi connectivity index (χ2n) is 4.15. The summed E-state index contributed by atoms with van der Waals surface area (Å²) >= 11 is 0. The van der Waals surface area contributed by atoms with Gasteiger partial charge in [0.25, 0.3) is 7.37 Å². The Morgan fingerprint density at radius 2 is 1.24 bits per heavy atom. The van der Waals surface area contributed by atoms with Crippen LogP contribution in [0.5, 0.6) is 0 Å². The van der Waals surface area contributed by atoms with Gasteiger partial charge >= 0.3 is 13.8 Å². The molecule has 112 valence electrons. The first-order valence-electron chi connectivity index (χ1n) is 5.89. The summed E-state index contributed by atoms with van der Waals surface area (Å²) in [6, 6.07) is 15.1. The van der Waals surface area contributed by atoms with E-state index in [1.807, 2.05) is 0 Å². The maximum atomic E-state index is 13.0. The third-order valence-electron chi connectivity index (χ3n) is 2.67. The van der Waals surface area contributed by atoms with E-state index in [0.717, 1.165) is 0 Å². The quantitative estimate of drug-likeness (QED) is 0.853. The van der Waals surface area contributed by atoms with Crippen LogP contribution in [0.1, 0.15) is 0 Å². The minimum absolute atomic E-state index is 0.0751. The molecule has 21 heavy (non-hydrogen) atoms. The van der Waals surface area contributed by atoms with E-state index in [1.54, 1.807) is 36.4 Å². The van der Waals surface area contributed by atoms with E-state index in [1.165, 1.54) is 24.3 Å². The lowest BCUT2D eigenvalue weighted by Crippen LogP contribution is -2.18. The Kier molecular flexibility index (Phi) is 4.74. The van der Waals surface area contributed by atoms with Crippen LogP contribution < -0.4 is 10.6 Å². The van der Waals surface area contributed by atoms with Gasteiger partial charge in [-0.25, -0.2) is 4.31 Å². The fraction of sp³-hybridized carbons (Fsp3) is 0.0769. The normalized spacial score (nSPS) is 14.9. The number of halogens is 2. The summed E-state index contributed by atoms with van der Waals surface area (Å²) in [6.07, 6.45) is -3.63. The highest BCUT2D eigenvalue weighted by atomic mass is 31.3. The van der Waals surface area contributed by atoms with Crippen molar-refractivity contribution >= 4 is 25.6 Å². The van der Waals surface area contributed by atoms with Crippen LogP contribution in [0, 0.1) is 0 Å². The molecule has 0 fully saturated rings. The number of hydrogen-bond acceptors (Lipinski definition) is 3. The molecule has 2 aromatic carbocycles. The van der Waals surface area contributed by atoms with Crippen molar-refractivity contribution in [2.24, 2.45) is 0 Å². The molecule has 0 saturated heterocycles. The van der Waals surface area contributed by atoms with Gasteiger partial charge in [-0.2, -0.15) is 8.78 Å². The molecule has 0 aliphatic carbocycles. The number of benzene rings is 2. The highest BCUT2D eigenvalue weighted by Crippen LogP contribution is 2.63. The highest BCUT2D eigenvalue weighted by molar-refractivity contribution is 7.80. The van der Waals surface area contributed by atoms with Gasteiger partial charge in [-0.05, 0) is 24.3 Å². The van der Waals surface area contributed by atoms with E-state index >= 15 is 0 Å². The summed E-state index contributed by atoms with van der Waals surface area (Å²) in [7, 11) is -9.41. The molecule has 0 aliphatic rings. The van der Waals surface area contributed by atoms with E-state index in [0.29, 0.717) is 0 Å². The van der Waals surface area contributed by atoms with Gasteiger partial charge in [0.1, 0.15) is 0 Å². The molecule has 0 bridgehead atoms. The number of rotatable bonds is 5. The average Bonchev–Trinajstić information content (AvgIpc) is 2.48. The lowest BCUT2D eigenvalue weighted by Gasteiger charge is -2.21. The van der Waals surface area contributed by atoms with Crippen LogP contribution in [-0.2, 0) is 13.4 Å². The molecule has 2 aromatic rings. The Morgan fingerprint density at radius 3 is 1.57 bits per heavy atom. The van der Waals surface area contributed by atoms with Crippen LogP contribution >= 0.6 is 15.0 Å². The van der Waals surface area contributed by atoms with Crippen molar-refractivity contribution in [3.8, 4) is 0 Å². The lowest BCUT2D eigenvalue weighted by atomic mass is 10.4. The Balaban J connectivity index is 2.56. The van der Waals surface area contributed by atoms with Gasteiger partial charge in [-0.1, -0.05) is 36.4 Å². The fourth-order valence-electron chi connectivity index (χ4n) is 1.69. The minimum Gasteiger partial charge on any atom is -0.320 e. The van der Waals surface area contributed by atoms with E-state index in [9.17, 15) is 22.8 Å². The molecule has 0 amide bonds. The first-order chi connectivity index (χ1) is 9.86. The molecule has 0 radical (unpaired) electrons. The topological polar surface area (TPSA) is 63.6 Å². The van der Waals surface area contributed by atoms with Crippen molar-refractivity contribution < 1.29 is 27.1 Å². The van der Waals surface area contributed by atoms with Crippen molar-refractivity contribution in [3.63, 3.8) is 0 Å². The second-order valence-corrected chi connectivity index (χ2v) is 8.45. The van der Waals surface area contributed by atoms with Crippen molar-refractivity contribution in [2.75, 3.05) is 0 Å². The Bertz CT molecular complexity index is 648. The average molecular weight is 332 g/mol. The van der Waals surface area contributed by atoms with Crippen molar-refractivity contribution in [1.29, 1.82) is 0 Å². The molecular weight excluding hydrogens is 320 g/mol. The first-order valence-corrected chi connectivity index (χ1v) is 9.16. The molecule has 0 aromatic heterocycles. The molecule has 0 saturated carbocycles. The van der Waals surface area contributed by atoms with Gasteiger partial charge in [0.2, 0.25) is 0 Å². The summed E-state index contributed by atoms with van der Waals surface area (Å²) in [5.41, 5.74) is 0. The molecular formula is C13H12F2O4P2. The molecule has 1 atom stereocenters. The maximum Gasteiger partial charge on any atom is 0.400 e. The van der Waals surface area contributed by atoms with Crippen LogP contribution in [0.3, 0.4) is 0 Å². The molecule has 0 heterocycles. The van der Waals surface area contributed by atoms with Crippen LogP contribution in [0.2, 0.25) is 0 Å². The van der Waals surface area contributed by atoms with Gasteiger partial charge in [-0.15, -0.1) is 0 Å². The predicted molar refractivity (Wildman–Crippen MR) is 76.7 cm³/mol. The second kappa shape index (κ2) is 6.20. The Morgan fingerprint density at radius 1 is 0.857 bits per heavy atom. The summed E-state index contributed by atoms with van der Waals surface area (Å²) in [5.74, 6) is 0. The van der Waals surface area contributed by atoms with Gasteiger partial charge in [0.15, 0.2) is 0 Å². The van der Waals surface area contributed by atoms with E-state index < -0.39 is 21.1 Å². The zero-order valence-corrected chi connectivity index (χ0v) is 12.5. The largest absolute Gasteiger partial charge is 0.400 e. The Labute approximate surface area is 120 Å². The van der Waals surface area contributed by atoms with Gasteiger partial charge in [-0.3, -0.25) is 9.13 Å². The summed E-state index contributed by atoms with van der Waals surface area (Å²) in [4.78, 5) is 9.26. The van der Waals surface area contributed by atoms with Crippen LogP contribution in [-0.4, -0.2) is 11.1 Å². The number of alkyl halides is 2. The standard InChI is InChI=1S/C13H12F2O4P2/c14-13(15)21(17,18)19-20(16,11-7-3-1-4-8-11)12-9-5-2-6-10-12/h1-10,13H,(H,17,18). The molecule has 2 rings (SSSR count). The van der Waals surface area contributed by atoms with Gasteiger partial charge in [0.05, 0.1) is 0 Å². The molecule has 4 nitrogen and oxygen atoms in total. The van der Waals surface area contributed by atoms with Gasteiger partial charge < -0.3 is 4.89 Å². The van der Waals surface area contributed by atoms with Crippen molar-refractivity contribution in [1.82, 2.24) is 0 Å². The van der Waals surface area contributed by atoms with Crippen LogP contribution in [0.4, 0.5) is 8.78 Å². The van der Waals surface area contributed by atoms with E-state index in [2.05, 4.69) is 4.31 Å². The molecule has 8 heteroatoms. The third-order valence-corrected chi connectivity index (χ3v) is 6.98. The lowest BCUT2D eigenvalue weighted by molar-refractivity contribution is 0.189. The Hall–Kier alpha value is -1.32. The molecule has 1 unspecified atom stereocenters. The zero-order chi connectivity index (χ0) is 15.5. The van der Waals surface area contributed by atoms with Crippen LogP contribution in [0.25, 0.3) is 0 Å². The smallest absolute Gasteiger partial charge is 0.320 e. The molecule has 0 spiro atoms. The number of hydrogen-bond donors (Lipinski definition) is 1. The zero-order valence-electron chi connectivity index (χ0n) is 10.7. The molecule has 0 aliphatic heterocycles. The van der Waals surface area contributed by atoms with E-state index in [-0.39, 0.29) is 10.6 Å². The predicted octanol–water partition coefficient (Wildman–Crippen LogP) is 3.34. The summed E-state index contributed by atoms with van der Waals surface area (Å²) in [6.45, 7) is 0. The van der Waals surface area contributed by atoms with Crippen molar-refractivity contribution in [3.05, 3.63) is 60.7 Å². The van der Waals surface area contributed by atoms with Crippen LogP contribution in [0.15, 0.2) is 60.7 Å². The SMILES string of the molecule is O=P(OP(=O)(O)C(F)F)(c1ccccc1)c1ccccc1.